The second-order valence-corrected chi connectivity index (χ2v) is 5.89. The first-order chi connectivity index (χ1) is 8.24. The lowest BCUT2D eigenvalue weighted by Crippen LogP contribution is -2.48. The Morgan fingerprint density at radius 2 is 2.17 bits per heavy atom. The highest BCUT2D eigenvalue weighted by atomic mass is 79.9. The number of rotatable bonds is 4. The van der Waals surface area contributed by atoms with E-state index in [4.69, 9.17) is 5.73 Å². The molecule has 6 heteroatoms. The Balaban J connectivity index is 2.75. The zero-order chi connectivity index (χ0) is 13.9. The second kappa shape index (κ2) is 5.67. The number of carbonyl (C=O) groups excluding carboxylic acids is 1. The molecule has 0 atom stereocenters. The number of nitrogen functional groups attached to an aromatic ring is 1. The molecule has 0 spiro atoms. The van der Waals surface area contributed by atoms with Crippen LogP contribution in [0.25, 0.3) is 0 Å². The van der Waals surface area contributed by atoms with Crippen molar-refractivity contribution in [3.05, 3.63) is 22.3 Å². The maximum atomic E-state index is 12.0. The molecule has 5 nitrogen and oxygen atoms in total. The lowest BCUT2D eigenvalue weighted by Gasteiger charge is -2.32. The zero-order valence-electron chi connectivity index (χ0n) is 11.1. The summed E-state index contributed by atoms with van der Waals surface area (Å²) in [5.41, 5.74) is 5.95. The van der Waals surface area contributed by atoms with E-state index in [1.54, 1.807) is 12.3 Å². The monoisotopic (exact) mass is 314 g/mol. The van der Waals surface area contributed by atoms with Crippen molar-refractivity contribution in [1.29, 1.82) is 0 Å². The average Bonchev–Trinajstić information content (AvgIpc) is 2.29. The number of carbonyl (C=O) groups is 1. The summed E-state index contributed by atoms with van der Waals surface area (Å²) in [6.45, 7) is 4.64. The van der Waals surface area contributed by atoms with Crippen LogP contribution in [-0.2, 0) is 0 Å². The van der Waals surface area contributed by atoms with Crippen molar-refractivity contribution < 1.29 is 4.79 Å². The molecule has 1 amide bonds. The summed E-state index contributed by atoms with van der Waals surface area (Å²) in [6.07, 6.45) is 1.57. The Kier molecular flexibility index (Phi) is 4.70. The molecule has 100 valence electrons. The molecular formula is C12H19BrN4O. The van der Waals surface area contributed by atoms with Crippen LogP contribution < -0.4 is 11.1 Å². The molecule has 0 aliphatic carbocycles. The van der Waals surface area contributed by atoms with Gasteiger partial charge in [0.2, 0.25) is 0 Å². The highest BCUT2D eigenvalue weighted by molar-refractivity contribution is 9.10. The lowest BCUT2D eigenvalue weighted by atomic mass is 10.0. The van der Waals surface area contributed by atoms with Gasteiger partial charge in [-0.15, -0.1) is 0 Å². The highest BCUT2D eigenvalue weighted by Gasteiger charge is 2.22. The molecule has 1 rings (SSSR count). The van der Waals surface area contributed by atoms with Gasteiger partial charge in [-0.2, -0.15) is 0 Å². The molecule has 3 N–H and O–H groups in total. The van der Waals surface area contributed by atoms with E-state index >= 15 is 0 Å². The Labute approximate surface area is 116 Å². The molecule has 0 aliphatic rings. The number of hydrogen-bond acceptors (Lipinski definition) is 4. The predicted molar refractivity (Wildman–Crippen MR) is 76.4 cm³/mol. The van der Waals surface area contributed by atoms with Crippen molar-refractivity contribution >= 4 is 27.7 Å². The summed E-state index contributed by atoms with van der Waals surface area (Å²) in [7, 11) is 3.95. The number of pyridine rings is 1. The molecule has 0 aromatic carbocycles. The fourth-order valence-corrected chi connectivity index (χ4v) is 1.51. The largest absolute Gasteiger partial charge is 0.383 e. The number of likely N-dealkylation sites (N-methyl/N-ethyl adjacent to an activating group) is 1. The topological polar surface area (TPSA) is 71.2 Å². The molecule has 0 radical (unpaired) electrons. The number of aromatic nitrogens is 1. The van der Waals surface area contributed by atoms with Crippen LogP contribution in [0.15, 0.2) is 16.7 Å². The number of hydrogen-bond donors (Lipinski definition) is 2. The summed E-state index contributed by atoms with van der Waals surface area (Å²) in [5, 5.41) is 2.87. The number of amides is 1. The van der Waals surface area contributed by atoms with Gasteiger partial charge in [0.05, 0.1) is 5.56 Å². The van der Waals surface area contributed by atoms with Gasteiger partial charge in [0.1, 0.15) is 5.82 Å². The number of nitrogens with two attached hydrogens (primary N) is 1. The van der Waals surface area contributed by atoms with E-state index in [2.05, 4.69) is 45.0 Å². The zero-order valence-corrected chi connectivity index (χ0v) is 12.7. The number of halogens is 1. The first-order valence-corrected chi connectivity index (χ1v) is 6.40. The van der Waals surface area contributed by atoms with Crippen LogP contribution in [0.5, 0.6) is 0 Å². The lowest BCUT2D eigenvalue weighted by molar-refractivity contribution is 0.0920. The third kappa shape index (κ3) is 3.68. The third-order valence-electron chi connectivity index (χ3n) is 3.02. The number of nitrogens with zero attached hydrogens (tertiary/aromatic N) is 2. The first-order valence-electron chi connectivity index (χ1n) is 5.60. The minimum atomic E-state index is -0.212. The maximum absolute atomic E-state index is 12.0. The Morgan fingerprint density at radius 1 is 1.56 bits per heavy atom. The fourth-order valence-electron chi connectivity index (χ4n) is 1.18. The Hall–Kier alpha value is -1.14. The van der Waals surface area contributed by atoms with E-state index in [0.717, 1.165) is 4.47 Å². The van der Waals surface area contributed by atoms with E-state index in [0.29, 0.717) is 12.1 Å². The van der Waals surface area contributed by atoms with Crippen molar-refractivity contribution in [2.45, 2.75) is 19.4 Å². The summed E-state index contributed by atoms with van der Waals surface area (Å²) in [5.74, 6) is 0.0228. The van der Waals surface area contributed by atoms with Crippen molar-refractivity contribution in [2.75, 3.05) is 26.4 Å². The van der Waals surface area contributed by atoms with Gasteiger partial charge < -0.3 is 16.0 Å². The molecule has 18 heavy (non-hydrogen) atoms. The van der Waals surface area contributed by atoms with Gasteiger partial charge in [0.25, 0.3) is 5.91 Å². The molecular weight excluding hydrogens is 296 g/mol. The first kappa shape index (κ1) is 14.9. The van der Waals surface area contributed by atoms with Crippen LogP contribution in [0.1, 0.15) is 24.2 Å². The third-order valence-corrected chi connectivity index (χ3v) is 3.46. The van der Waals surface area contributed by atoms with Gasteiger partial charge in [-0.1, -0.05) is 0 Å². The van der Waals surface area contributed by atoms with Gasteiger partial charge in [-0.05, 0) is 49.9 Å². The predicted octanol–water partition coefficient (Wildman–Crippen LogP) is 1.50. The molecule has 1 aromatic rings. The summed E-state index contributed by atoms with van der Waals surface area (Å²) in [6, 6.07) is 1.67. The fraction of sp³-hybridized carbons (Fsp3) is 0.500. The average molecular weight is 315 g/mol. The van der Waals surface area contributed by atoms with Crippen LogP contribution in [0, 0.1) is 0 Å². The Morgan fingerprint density at radius 3 is 2.72 bits per heavy atom. The van der Waals surface area contributed by atoms with Crippen molar-refractivity contribution in [1.82, 2.24) is 15.2 Å². The van der Waals surface area contributed by atoms with Gasteiger partial charge >= 0.3 is 0 Å². The molecule has 0 unspecified atom stereocenters. The summed E-state index contributed by atoms with van der Waals surface area (Å²) >= 11 is 3.27. The molecule has 1 heterocycles. The maximum Gasteiger partial charge on any atom is 0.255 e. The molecule has 0 fully saturated rings. The van der Waals surface area contributed by atoms with Crippen molar-refractivity contribution in [3.8, 4) is 0 Å². The highest BCUT2D eigenvalue weighted by Crippen LogP contribution is 2.16. The van der Waals surface area contributed by atoms with Crippen LogP contribution >= 0.6 is 15.9 Å². The van der Waals surface area contributed by atoms with Gasteiger partial charge in [0.15, 0.2) is 0 Å². The van der Waals surface area contributed by atoms with E-state index in [9.17, 15) is 4.79 Å². The van der Waals surface area contributed by atoms with Gasteiger partial charge in [-0.3, -0.25) is 4.79 Å². The standard InChI is InChI=1S/C12H19BrN4O/c1-12(2,17(3)4)7-16-11(18)9-5-8(13)6-15-10(9)14/h5-6H,7H2,1-4H3,(H2,14,15)(H,16,18). The number of nitrogens with one attached hydrogen (secondary N) is 1. The molecule has 0 bridgehead atoms. The minimum absolute atomic E-state index is 0.121. The molecule has 0 aliphatic heterocycles. The molecule has 0 saturated heterocycles. The Bertz CT molecular complexity index is 446. The normalized spacial score (nSPS) is 11.7. The second-order valence-electron chi connectivity index (χ2n) is 4.98. The van der Waals surface area contributed by atoms with E-state index in [-0.39, 0.29) is 17.3 Å². The van der Waals surface area contributed by atoms with E-state index < -0.39 is 0 Å². The quantitative estimate of drug-likeness (QED) is 0.883. The molecule has 1 aromatic heterocycles. The van der Waals surface area contributed by atoms with E-state index in [1.165, 1.54) is 0 Å². The van der Waals surface area contributed by atoms with Gasteiger partial charge in [0, 0.05) is 22.8 Å². The van der Waals surface area contributed by atoms with Crippen molar-refractivity contribution in [2.24, 2.45) is 0 Å². The minimum Gasteiger partial charge on any atom is -0.383 e. The number of anilines is 1. The van der Waals surface area contributed by atoms with Crippen molar-refractivity contribution in [3.63, 3.8) is 0 Å². The summed E-state index contributed by atoms with van der Waals surface area (Å²) < 4.78 is 0.730. The van der Waals surface area contributed by atoms with Crippen LogP contribution in [0.3, 0.4) is 0 Å². The van der Waals surface area contributed by atoms with Crippen LogP contribution in [-0.4, -0.2) is 42.0 Å². The van der Waals surface area contributed by atoms with Crippen LogP contribution in [0.4, 0.5) is 5.82 Å². The smallest absolute Gasteiger partial charge is 0.255 e. The molecule has 0 saturated carbocycles. The summed E-state index contributed by atoms with van der Waals surface area (Å²) in [4.78, 5) is 18.0. The SMILES string of the molecule is CN(C)C(C)(C)CNC(=O)c1cc(Br)cnc1N. The van der Waals surface area contributed by atoms with Crippen LogP contribution in [0.2, 0.25) is 0 Å². The van der Waals surface area contributed by atoms with Gasteiger partial charge in [-0.25, -0.2) is 4.98 Å². The van der Waals surface area contributed by atoms with E-state index in [1.807, 2.05) is 14.1 Å².